The smallest absolute Gasteiger partial charge is 0.326 e. The Morgan fingerprint density at radius 2 is 2.11 bits per heavy atom. The Morgan fingerprint density at radius 3 is 2.72 bits per heavy atom. The summed E-state index contributed by atoms with van der Waals surface area (Å²) in [7, 11) is 3.54. The Hall–Kier alpha value is -1.30. The molecule has 6 nitrogen and oxygen atoms in total. The summed E-state index contributed by atoms with van der Waals surface area (Å²) >= 11 is 0. The molecule has 0 saturated carbocycles. The quantitative estimate of drug-likeness (QED) is 0.773. The fourth-order valence-corrected chi connectivity index (χ4v) is 2.19. The zero-order chi connectivity index (χ0) is 13.5. The third-order valence-electron chi connectivity index (χ3n) is 3.31. The summed E-state index contributed by atoms with van der Waals surface area (Å²) in [6.07, 6.45) is 3.31. The molecule has 2 N–H and O–H groups in total. The van der Waals surface area contributed by atoms with Gasteiger partial charge >= 0.3 is 12.0 Å². The Labute approximate surface area is 108 Å². The van der Waals surface area contributed by atoms with Crippen LogP contribution in [0.3, 0.4) is 0 Å². The van der Waals surface area contributed by atoms with Crippen LogP contribution in [0, 0.1) is 0 Å². The number of likely N-dealkylation sites (tertiary alicyclic amines) is 1. The van der Waals surface area contributed by atoms with Crippen LogP contribution in [0.1, 0.15) is 25.7 Å². The highest BCUT2D eigenvalue weighted by molar-refractivity contribution is 5.82. The van der Waals surface area contributed by atoms with Crippen molar-refractivity contribution in [3.05, 3.63) is 0 Å². The van der Waals surface area contributed by atoms with E-state index in [2.05, 4.69) is 5.32 Å². The second-order valence-corrected chi connectivity index (χ2v) is 4.70. The fourth-order valence-electron chi connectivity index (χ4n) is 2.19. The van der Waals surface area contributed by atoms with Gasteiger partial charge in [0.1, 0.15) is 6.04 Å². The van der Waals surface area contributed by atoms with Gasteiger partial charge in [-0.3, -0.25) is 0 Å². The molecule has 0 bridgehead atoms. The molecule has 0 aromatic rings. The fraction of sp³-hybridized carbons (Fsp3) is 0.833. The van der Waals surface area contributed by atoms with E-state index in [1.54, 1.807) is 11.9 Å². The lowest BCUT2D eigenvalue weighted by atomic mass is 10.1. The summed E-state index contributed by atoms with van der Waals surface area (Å²) < 4.78 is 0. The van der Waals surface area contributed by atoms with Gasteiger partial charge in [-0.15, -0.1) is 0 Å². The van der Waals surface area contributed by atoms with Crippen molar-refractivity contribution >= 4 is 12.0 Å². The van der Waals surface area contributed by atoms with E-state index in [1.165, 1.54) is 4.90 Å². The van der Waals surface area contributed by atoms with E-state index in [0.717, 1.165) is 19.3 Å². The number of carbonyl (C=O) groups excluding carboxylic acids is 1. The largest absolute Gasteiger partial charge is 0.480 e. The number of nitrogens with zero attached hydrogens (tertiary/aromatic N) is 2. The molecule has 1 fully saturated rings. The van der Waals surface area contributed by atoms with Crippen molar-refractivity contribution in [1.82, 2.24) is 15.1 Å². The molecule has 1 atom stereocenters. The van der Waals surface area contributed by atoms with E-state index >= 15 is 0 Å². The van der Waals surface area contributed by atoms with Crippen LogP contribution in [0.25, 0.3) is 0 Å². The number of carboxylic acids is 1. The minimum absolute atomic E-state index is 0.181. The van der Waals surface area contributed by atoms with Crippen LogP contribution >= 0.6 is 0 Å². The van der Waals surface area contributed by atoms with Gasteiger partial charge in [-0.25, -0.2) is 9.59 Å². The second kappa shape index (κ2) is 7.20. The first kappa shape index (κ1) is 14.8. The van der Waals surface area contributed by atoms with Gasteiger partial charge < -0.3 is 20.2 Å². The molecule has 1 heterocycles. The molecule has 0 aliphatic carbocycles. The van der Waals surface area contributed by atoms with Crippen LogP contribution in [0.4, 0.5) is 4.79 Å². The maximum Gasteiger partial charge on any atom is 0.326 e. The SMILES string of the molecule is CNCCN(C)C(=O)N1CCCCCC1C(=O)O. The highest BCUT2D eigenvalue weighted by Gasteiger charge is 2.32. The zero-order valence-electron chi connectivity index (χ0n) is 11.2. The number of hydrogen-bond donors (Lipinski definition) is 2. The van der Waals surface area contributed by atoms with E-state index in [9.17, 15) is 14.7 Å². The van der Waals surface area contributed by atoms with Crippen molar-refractivity contribution in [1.29, 1.82) is 0 Å². The third-order valence-corrected chi connectivity index (χ3v) is 3.31. The van der Waals surface area contributed by atoms with E-state index in [4.69, 9.17) is 0 Å². The van der Waals surface area contributed by atoms with E-state index in [1.807, 2.05) is 7.05 Å². The monoisotopic (exact) mass is 257 g/mol. The summed E-state index contributed by atoms with van der Waals surface area (Å²) in [5.41, 5.74) is 0. The summed E-state index contributed by atoms with van der Waals surface area (Å²) in [6.45, 7) is 1.83. The topological polar surface area (TPSA) is 72.9 Å². The number of carbonyl (C=O) groups is 2. The van der Waals surface area contributed by atoms with E-state index < -0.39 is 12.0 Å². The average Bonchev–Trinajstić information content (AvgIpc) is 2.60. The molecule has 0 radical (unpaired) electrons. The Morgan fingerprint density at radius 1 is 1.39 bits per heavy atom. The van der Waals surface area contributed by atoms with Gasteiger partial charge in [0.05, 0.1) is 0 Å². The second-order valence-electron chi connectivity index (χ2n) is 4.70. The number of likely N-dealkylation sites (N-methyl/N-ethyl adjacent to an activating group) is 2. The first-order valence-corrected chi connectivity index (χ1v) is 6.47. The van der Waals surface area contributed by atoms with Crippen LogP contribution in [0.2, 0.25) is 0 Å². The van der Waals surface area contributed by atoms with Gasteiger partial charge in [-0.1, -0.05) is 12.8 Å². The lowest BCUT2D eigenvalue weighted by Crippen LogP contribution is -2.50. The van der Waals surface area contributed by atoms with Crippen LogP contribution in [0.5, 0.6) is 0 Å². The predicted molar refractivity (Wildman–Crippen MR) is 68.6 cm³/mol. The molecule has 1 unspecified atom stereocenters. The Kier molecular flexibility index (Phi) is 5.91. The molecule has 0 aromatic heterocycles. The van der Waals surface area contributed by atoms with Gasteiger partial charge in [-0.2, -0.15) is 0 Å². The molecule has 2 amide bonds. The molecular weight excluding hydrogens is 234 g/mol. The van der Waals surface area contributed by atoms with Gasteiger partial charge in [0.15, 0.2) is 0 Å². The number of carboxylic acid groups (broad SMARTS) is 1. The summed E-state index contributed by atoms with van der Waals surface area (Å²) in [5, 5.41) is 12.2. The number of aliphatic carboxylic acids is 1. The Bertz CT molecular complexity index is 296. The van der Waals surface area contributed by atoms with Gasteiger partial charge in [0.2, 0.25) is 0 Å². The highest BCUT2D eigenvalue weighted by Crippen LogP contribution is 2.18. The molecule has 0 spiro atoms. The molecule has 1 rings (SSSR count). The number of rotatable bonds is 4. The molecule has 18 heavy (non-hydrogen) atoms. The van der Waals surface area contributed by atoms with Gasteiger partial charge in [-0.05, 0) is 19.9 Å². The molecular formula is C12H23N3O3. The van der Waals surface area contributed by atoms with Crippen LogP contribution in [0.15, 0.2) is 0 Å². The predicted octanol–water partition coefficient (Wildman–Crippen LogP) is 0.587. The van der Waals surface area contributed by atoms with Gasteiger partial charge in [0, 0.05) is 26.7 Å². The van der Waals surface area contributed by atoms with Crippen molar-refractivity contribution in [2.45, 2.75) is 31.7 Å². The zero-order valence-corrected chi connectivity index (χ0v) is 11.2. The van der Waals surface area contributed by atoms with Crippen molar-refractivity contribution in [3.8, 4) is 0 Å². The first-order chi connectivity index (χ1) is 8.57. The molecule has 0 aromatic carbocycles. The van der Waals surface area contributed by atoms with Crippen molar-refractivity contribution in [3.63, 3.8) is 0 Å². The number of hydrogen-bond acceptors (Lipinski definition) is 3. The minimum atomic E-state index is -0.896. The maximum atomic E-state index is 12.2. The summed E-state index contributed by atoms with van der Waals surface area (Å²) in [4.78, 5) is 26.6. The van der Waals surface area contributed by atoms with E-state index in [0.29, 0.717) is 26.1 Å². The molecule has 104 valence electrons. The van der Waals surface area contributed by atoms with Crippen LogP contribution < -0.4 is 5.32 Å². The molecule has 1 aliphatic rings. The van der Waals surface area contributed by atoms with Crippen LogP contribution in [-0.2, 0) is 4.79 Å². The summed E-state index contributed by atoms with van der Waals surface area (Å²) in [5.74, 6) is -0.896. The average molecular weight is 257 g/mol. The van der Waals surface area contributed by atoms with Crippen molar-refractivity contribution in [2.75, 3.05) is 33.7 Å². The van der Waals surface area contributed by atoms with E-state index in [-0.39, 0.29) is 6.03 Å². The first-order valence-electron chi connectivity index (χ1n) is 6.47. The third kappa shape index (κ3) is 3.87. The van der Waals surface area contributed by atoms with Crippen molar-refractivity contribution < 1.29 is 14.7 Å². The van der Waals surface area contributed by atoms with Crippen molar-refractivity contribution in [2.24, 2.45) is 0 Å². The lowest BCUT2D eigenvalue weighted by Gasteiger charge is -2.31. The summed E-state index contributed by atoms with van der Waals surface area (Å²) in [6, 6.07) is -0.850. The Balaban J connectivity index is 2.68. The normalized spacial score (nSPS) is 20.3. The minimum Gasteiger partial charge on any atom is -0.480 e. The lowest BCUT2D eigenvalue weighted by molar-refractivity contribution is -0.142. The number of amides is 2. The van der Waals surface area contributed by atoms with Gasteiger partial charge in [0.25, 0.3) is 0 Å². The standard InChI is InChI=1S/C12H23N3O3/c1-13-7-9-14(2)12(18)15-8-5-3-4-6-10(15)11(16)17/h10,13H,3-9H2,1-2H3,(H,16,17). The molecule has 1 saturated heterocycles. The number of nitrogens with one attached hydrogen (secondary N) is 1. The maximum absolute atomic E-state index is 12.2. The molecule has 6 heteroatoms. The molecule has 1 aliphatic heterocycles. The van der Waals surface area contributed by atoms with Crippen LogP contribution in [-0.4, -0.2) is 66.7 Å². The number of urea groups is 1. The highest BCUT2D eigenvalue weighted by atomic mass is 16.4.